The Hall–Kier alpha value is -3.68. The summed E-state index contributed by atoms with van der Waals surface area (Å²) in [7, 11) is 0. The molecular formula is C19H18N6O2. The van der Waals surface area contributed by atoms with Crippen LogP contribution in [0.2, 0.25) is 0 Å². The first-order chi connectivity index (χ1) is 13.1. The van der Waals surface area contributed by atoms with Crippen LogP contribution in [0, 0.1) is 0 Å². The van der Waals surface area contributed by atoms with E-state index >= 15 is 0 Å². The molecule has 1 aliphatic carbocycles. The quantitative estimate of drug-likeness (QED) is 0.680. The van der Waals surface area contributed by atoms with Gasteiger partial charge in [-0.05, 0) is 31.2 Å². The van der Waals surface area contributed by atoms with Gasteiger partial charge in [0.1, 0.15) is 17.2 Å². The number of carbonyl (C=O) groups is 1. The summed E-state index contributed by atoms with van der Waals surface area (Å²) in [4.78, 5) is 20.3. The van der Waals surface area contributed by atoms with Crippen LogP contribution in [0.25, 0.3) is 5.52 Å². The second kappa shape index (κ2) is 6.91. The number of rotatable bonds is 5. The van der Waals surface area contributed by atoms with Gasteiger partial charge in [-0.15, -0.1) is 5.10 Å². The topological polar surface area (TPSA) is 96.8 Å². The number of nitrogens with one attached hydrogen (secondary N) is 1. The molecule has 4 rings (SSSR count). The van der Waals surface area contributed by atoms with Crippen LogP contribution in [0.15, 0.2) is 71.6 Å². The number of aliphatic hydroxyl groups excluding tert-OH is 1. The summed E-state index contributed by atoms with van der Waals surface area (Å²) in [6.07, 6.45) is 10.1. The number of imidazole rings is 1. The van der Waals surface area contributed by atoms with E-state index in [0.29, 0.717) is 23.8 Å². The minimum Gasteiger partial charge on any atom is -0.505 e. The predicted octanol–water partition coefficient (Wildman–Crippen LogP) is 2.69. The van der Waals surface area contributed by atoms with Crippen LogP contribution in [0.1, 0.15) is 6.92 Å². The van der Waals surface area contributed by atoms with E-state index in [-0.39, 0.29) is 17.1 Å². The van der Waals surface area contributed by atoms with Crippen molar-refractivity contribution in [1.82, 2.24) is 19.2 Å². The van der Waals surface area contributed by atoms with Crippen molar-refractivity contribution in [3.8, 4) is 0 Å². The number of allylic oxidation sites excluding steroid dienone is 3. The Morgan fingerprint density at radius 3 is 2.96 bits per heavy atom. The lowest BCUT2D eigenvalue weighted by Crippen LogP contribution is -2.12. The van der Waals surface area contributed by atoms with E-state index in [9.17, 15) is 9.90 Å². The third kappa shape index (κ3) is 3.24. The van der Waals surface area contributed by atoms with Crippen molar-refractivity contribution >= 4 is 28.5 Å². The third-order valence-corrected chi connectivity index (χ3v) is 4.33. The highest BCUT2D eigenvalue weighted by Gasteiger charge is 2.19. The molecular weight excluding hydrogens is 344 g/mol. The van der Waals surface area contributed by atoms with Gasteiger partial charge in [0.25, 0.3) is 0 Å². The van der Waals surface area contributed by atoms with Gasteiger partial charge < -0.3 is 15.0 Å². The first kappa shape index (κ1) is 16.8. The summed E-state index contributed by atoms with van der Waals surface area (Å²) in [5, 5.41) is 18.1. The SMILES string of the molecule is CC1=C(O)C(=Nc2c(NCCn3ccnc3)nn3ccccc23)C=CC1=O. The predicted molar refractivity (Wildman–Crippen MR) is 102 cm³/mol. The number of aliphatic hydroxyl groups is 1. The zero-order valence-corrected chi connectivity index (χ0v) is 14.7. The van der Waals surface area contributed by atoms with Crippen LogP contribution >= 0.6 is 0 Å². The van der Waals surface area contributed by atoms with Crippen molar-refractivity contribution in [2.24, 2.45) is 4.99 Å². The van der Waals surface area contributed by atoms with Gasteiger partial charge >= 0.3 is 0 Å². The molecule has 136 valence electrons. The molecule has 0 unspecified atom stereocenters. The number of hydrogen-bond acceptors (Lipinski definition) is 6. The highest BCUT2D eigenvalue weighted by Crippen LogP contribution is 2.31. The summed E-state index contributed by atoms with van der Waals surface area (Å²) >= 11 is 0. The number of aliphatic imine (C=N–C) groups is 1. The van der Waals surface area contributed by atoms with Crippen LogP contribution in [0.4, 0.5) is 11.5 Å². The van der Waals surface area contributed by atoms with E-state index in [1.54, 1.807) is 24.0 Å². The standard InChI is InChI=1S/C19H18N6O2/c1-13-16(26)6-5-14(18(13)27)22-17-15-4-2-3-9-25(15)23-19(17)21-8-11-24-10-7-20-12-24/h2-7,9-10,12,27H,8,11H2,1H3,(H,21,23). The van der Waals surface area contributed by atoms with E-state index in [1.807, 2.05) is 35.2 Å². The van der Waals surface area contributed by atoms with Crippen molar-refractivity contribution < 1.29 is 9.90 Å². The highest BCUT2D eigenvalue weighted by molar-refractivity contribution is 6.21. The minimum atomic E-state index is -0.218. The monoisotopic (exact) mass is 362 g/mol. The first-order valence-corrected chi connectivity index (χ1v) is 8.52. The van der Waals surface area contributed by atoms with Crippen molar-refractivity contribution in [3.63, 3.8) is 0 Å². The van der Waals surface area contributed by atoms with Gasteiger partial charge in [-0.25, -0.2) is 14.5 Å². The van der Waals surface area contributed by atoms with Gasteiger partial charge in [0.2, 0.25) is 0 Å². The molecule has 8 nitrogen and oxygen atoms in total. The summed E-state index contributed by atoms with van der Waals surface area (Å²) in [6, 6.07) is 5.68. The van der Waals surface area contributed by atoms with Crippen molar-refractivity contribution in [1.29, 1.82) is 0 Å². The lowest BCUT2D eigenvalue weighted by molar-refractivity contribution is -0.111. The van der Waals surface area contributed by atoms with E-state index in [4.69, 9.17) is 0 Å². The molecule has 3 aromatic heterocycles. The first-order valence-electron chi connectivity index (χ1n) is 8.52. The van der Waals surface area contributed by atoms with Crippen LogP contribution in [-0.2, 0) is 11.3 Å². The number of ketones is 1. The second-order valence-electron chi connectivity index (χ2n) is 6.12. The molecule has 3 aromatic rings. The Morgan fingerprint density at radius 1 is 1.26 bits per heavy atom. The van der Waals surface area contributed by atoms with Gasteiger partial charge in [-0.2, -0.15) is 0 Å². The largest absolute Gasteiger partial charge is 0.505 e. The van der Waals surface area contributed by atoms with E-state index < -0.39 is 0 Å². The Labute approximate surface area is 155 Å². The Kier molecular flexibility index (Phi) is 4.29. The van der Waals surface area contributed by atoms with Gasteiger partial charge in [0.05, 0.1) is 11.8 Å². The number of fused-ring (bicyclic) bond motifs is 1. The van der Waals surface area contributed by atoms with Crippen molar-refractivity contribution in [3.05, 3.63) is 66.6 Å². The molecule has 8 heteroatoms. The number of anilines is 1. The van der Waals surface area contributed by atoms with Crippen LogP contribution < -0.4 is 5.32 Å². The van der Waals surface area contributed by atoms with E-state index in [1.165, 1.54) is 12.2 Å². The summed E-state index contributed by atoms with van der Waals surface area (Å²) < 4.78 is 3.69. The molecule has 0 aliphatic heterocycles. The number of aromatic nitrogens is 4. The maximum absolute atomic E-state index is 11.7. The molecule has 0 saturated carbocycles. The fourth-order valence-corrected chi connectivity index (χ4v) is 2.82. The van der Waals surface area contributed by atoms with Gasteiger partial charge in [-0.1, -0.05) is 6.07 Å². The minimum absolute atomic E-state index is 0.109. The lowest BCUT2D eigenvalue weighted by atomic mass is 10.0. The van der Waals surface area contributed by atoms with Crippen LogP contribution in [0.3, 0.4) is 0 Å². The number of pyridine rings is 1. The molecule has 0 spiro atoms. The van der Waals surface area contributed by atoms with Gasteiger partial charge in [0, 0.05) is 37.3 Å². The zero-order chi connectivity index (χ0) is 18.8. The molecule has 27 heavy (non-hydrogen) atoms. The molecule has 2 N–H and O–H groups in total. The fourth-order valence-electron chi connectivity index (χ4n) is 2.82. The number of hydrogen-bond donors (Lipinski definition) is 2. The summed E-state index contributed by atoms with van der Waals surface area (Å²) in [5.74, 6) is 0.275. The average Bonchev–Trinajstić information content (AvgIpc) is 3.31. The molecule has 0 fully saturated rings. The molecule has 0 atom stereocenters. The summed E-state index contributed by atoms with van der Waals surface area (Å²) in [5.41, 5.74) is 2.02. The molecule has 0 saturated heterocycles. The average molecular weight is 362 g/mol. The third-order valence-electron chi connectivity index (χ3n) is 4.33. The zero-order valence-electron chi connectivity index (χ0n) is 14.7. The van der Waals surface area contributed by atoms with Crippen molar-refractivity contribution in [2.45, 2.75) is 13.5 Å². The maximum Gasteiger partial charge on any atom is 0.185 e. The van der Waals surface area contributed by atoms with E-state index in [2.05, 4.69) is 20.4 Å². The Balaban J connectivity index is 1.69. The smallest absolute Gasteiger partial charge is 0.185 e. The van der Waals surface area contributed by atoms with Gasteiger partial charge in [0.15, 0.2) is 11.6 Å². The lowest BCUT2D eigenvalue weighted by Gasteiger charge is -2.10. The van der Waals surface area contributed by atoms with Crippen LogP contribution in [0.5, 0.6) is 0 Å². The normalized spacial score (nSPS) is 15.9. The Morgan fingerprint density at radius 2 is 2.15 bits per heavy atom. The van der Waals surface area contributed by atoms with Gasteiger partial charge in [-0.3, -0.25) is 4.79 Å². The van der Waals surface area contributed by atoms with E-state index in [0.717, 1.165) is 12.1 Å². The highest BCUT2D eigenvalue weighted by atomic mass is 16.3. The molecule has 3 heterocycles. The number of nitrogens with zero attached hydrogens (tertiary/aromatic N) is 5. The fraction of sp³-hybridized carbons (Fsp3) is 0.158. The maximum atomic E-state index is 11.7. The number of carbonyl (C=O) groups excluding carboxylic acids is 1. The molecule has 1 aliphatic rings. The molecule has 0 bridgehead atoms. The molecule has 0 radical (unpaired) electrons. The summed E-state index contributed by atoms with van der Waals surface area (Å²) in [6.45, 7) is 2.94. The second-order valence-corrected chi connectivity index (χ2v) is 6.12. The van der Waals surface area contributed by atoms with Crippen LogP contribution in [-0.4, -0.2) is 42.3 Å². The van der Waals surface area contributed by atoms with Crippen molar-refractivity contribution in [2.75, 3.05) is 11.9 Å². The molecule has 0 amide bonds. The molecule has 0 aromatic carbocycles. The Bertz CT molecular complexity index is 1090.